The summed E-state index contributed by atoms with van der Waals surface area (Å²) < 4.78 is 12.3. The van der Waals surface area contributed by atoms with E-state index >= 15 is 0 Å². The van der Waals surface area contributed by atoms with E-state index in [1.807, 2.05) is 6.08 Å². The number of hydrazine groups is 1. The summed E-state index contributed by atoms with van der Waals surface area (Å²) in [5, 5.41) is 10.5. The fourth-order valence-corrected chi connectivity index (χ4v) is 3.02. The first-order valence-electron chi connectivity index (χ1n) is 9.06. The van der Waals surface area contributed by atoms with Crippen molar-refractivity contribution in [3.8, 4) is 5.88 Å². The van der Waals surface area contributed by atoms with E-state index in [0.29, 0.717) is 42.3 Å². The van der Waals surface area contributed by atoms with E-state index in [-0.39, 0.29) is 12.1 Å². The minimum absolute atomic E-state index is 0.262. The van der Waals surface area contributed by atoms with Crippen LogP contribution in [0.2, 0.25) is 0 Å². The summed E-state index contributed by atoms with van der Waals surface area (Å²) in [4.78, 5) is 12.2. The number of aromatic nitrogens is 2. The molecular formula is C18H27N7O3. The average Bonchev–Trinajstić information content (AvgIpc) is 3.50. The molecule has 0 amide bonds. The first-order valence-corrected chi connectivity index (χ1v) is 9.06. The highest BCUT2D eigenvalue weighted by Gasteiger charge is 2.41. The topological polar surface area (TPSA) is 141 Å². The molecular weight excluding hydrogens is 362 g/mol. The number of rotatable bonds is 9. The number of nitrogens with one attached hydrogen (secondary N) is 3. The monoisotopic (exact) mass is 389 g/mol. The van der Waals surface area contributed by atoms with E-state index in [1.54, 1.807) is 20.2 Å². The van der Waals surface area contributed by atoms with Gasteiger partial charge in [0.25, 0.3) is 5.56 Å². The zero-order chi connectivity index (χ0) is 20.1. The molecule has 0 bridgehead atoms. The Hall–Kier alpha value is -3.14. The normalized spacial score (nSPS) is 21.2. The van der Waals surface area contributed by atoms with Gasteiger partial charge >= 0.3 is 0 Å². The Kier molecular flexibility index (Phi) is 6.09. The van der Waals surface area contributed by atoms with Crippen molar-refractivity contribution in [1.82, 2.24) is 20.5 Å². The Morgan fingerprint density at radius 3 is 2.96 bits per heavy atom. The molecule has 1 aliphatic heterocycles. The van der Waals surface area contributed by atoms with Gasteiger partial charge in [0.05, 0.1) is 32.5 Å². The summed E-state index contributed by atoms with van der Waals surface area (Å²) in [7, 11) is 3.25. The van der Waals surface area contributed by atoms with Gasteiger partial charge < -0.3 is 31.3 Å². The van der Waals surface area contributed by atoms with Crippen LogP contribution < -0.4 is 37.9 Å². The molecule has 2 heterocycles. The zero-order valence-corrected chi connectivity index (χ0v) is 16.1. The lowest BCUT2D eigenvalue weighted by Crippen LogP contribution is -2.30. The van der Waals surface area contributed by atoms with E-state index in [2.05, 4.69) is 27.2 Å². The SMILES string of the molecule is COC1=CC=C([C@H]2C[C@@H]2COc2cc(NC/C(=C/N)NN)c(=O)n(C)n2)NC1. The van der Waals surface area contributed by atoms with Crippen molar-refractivity contribution in [2.24, 2.45) is 30.5 Å². The molecule has 0 unspecified atom stereocenters. The van der Waals surface area contributed by atoms with Crippen molar-refractivity contribution >= 4 is 5.69 Å². The maximum atomic E-state index is 12.2. The number of nitrogens with two attached hydrogens (primary N) is 2. The van der Waals surface area contributed by atoms with Crippen LogP contribution in [-0.4, -0.2) is 36.6 Å². The highest BCUT2D eigenvalue weighted by Crippen LogP contribution is 2.43. The van der Waals surface area contributed by atoms with Crippen LogP contribution in [0.1, 0.15) is 6.42 Å². The lowest BCUT2D eigenvalue weighted by Gasteiger charge is -2.16. The third kappa shape index (κ3) is 4.58. The molecule has 1 aromatic heterocycles. The van der Waals surface area contributed by atoms with Crippen LogP contribution in [0, 0.1) is 11.8 Å². The molecule has 7 N–H and O–H groups in total. The Morgan fingerprint density at radius 2 is 2.32 bits per heavy atom. The van der Waals surface area contributed by atoms with Gasteiger partial charge in [-0.1, -0.05) is 0 Å². The fraction of sp³-hybridized carbons (Fsp3) is 0.444. The number of allylic oxidation sites excluding steroid dienone is 3. The second kappa shape index (κ2) is 8.70. The maximum Gasteiger partial charge on any atom is 0.290 e. The van der Waals surface area contributed by atoms with Crippen LogP contribution in [0.15, 0.2) is 46.4 Å². The van der Waals surface area contributed by atoms with Crippen molar-refractivity contribution in [3.63, 3.8) is 0 Å². The zero-order valence-electron chi connectivity index (χ0n) is 16.1. The number of hydrogen-bond acceptors (Lipinski definition) is 9. The summed E-state index contributed by atoms with van der Waals surface area (Å²) in [5.41, 5.74) is 9.76. The largest absolute Gasteiger partial charge is 0.499 e. The van der Waals surface area contributed by atoms with Gasteiger partial charge in [0, 0.05) is 36.8 Å². The van der Waals surface area contributed by atoms with Gasteiger partial charge in [-0.25, -0.2) is 4.68 Å². The van der Waals surface area contributed by atoms with Crippen LogP contribution in [0.5, 0.6) is 5.88 Å². The van der Waals surface area contributed by atoms with Gasteiger partial charge in [0.2, 0.25) is 5.88 Å². The Bertz CT molecular complexity index is 859. The van der Waals surface area contributed by atoms with Gasteiger partial charge in [-0.05, 0) is 18.6 Å². The predicted molar refractivity (Wildman–Crippen MR) is 106 cm³/mol. The summed E-state index contributed by atoms with van der Waals surface area (Å²) in [5.74, 6) is 7.52. The summed E-state index contributed by atoms with van der Waals surface area (Å²) >= 11 is 0. The smallest absolute Gasteiger partial charge is 0.290 e. The number of ether oxygens (including phenoxy) is 2. The molecule has 152 valence electrons. The Morgan fingerprint density at radius 1 is 1.50 bits per heavy atom. The predicted octanol–water partition coefficient (Wildman–Crippen LogP) is -0.512. The molecule has 2 aliphatic rings. The molecule has 2 atom stereocenters. The minimum atomic E-state index is -0.262. The molecule has 1 aliphatic carbocycles. The van der Waals surface area contributed by atoms with Crippen molar-refractivity contribution in [1.29, 1.82) is 0 Å². The van der Waals surface area contributed by atoms with Gasteiger partial charge in [-0.3, -0.25) is 10.6 Å². The van der Waals surface area contributed by atoms with Crippen LogP contribution in [0.4, 0.5) is 5.69 Å². The lowest BCUT2D eigenvalue weighted by molar-refractivity contribution is 0.272. The molecule has 1 aromatic rings. The highest BCUT2D eigenvalue weighted by atomic mass is 16.5. The molecule has 10 heteroatoms. The third-order valence-corrected chi connectivity index (χ3v) is 4.84. The molecule has 0 saturated heterocycles. The summed E-state index contributed by atoms with van der Waals surface area (Å²) in [6, 6.07) is 1.59. The molecule has 0 aromatic carbocycles. The van der Waals surface area contributed by atoms with Crippen molar-refractivity contribution in [2.75, 3.05) is 32.1 Å². The molecule has 1 fully saturated rings. The average molecular weight is 389 g/mol. The van der Waals surface area contributed by atoms with Gasteiger partial charge in [-0.2, -0.15) is 0 Å². The molecule has 1 saturated carbocycles. The summed E-state index contributed by atoms with van der Waals surface area (Å²) in [6.07, 6.45) is 6.45. The number of anilines is 1. The second-order valence-corrected chi connectivity index (χ2v) is 6.74. The molecule has 0 radical (unpaired) electrons. The molecule has 28 heavy (non-hydrogen) atoms. The summed E-state index contributed by atoms with van der Waals surface area (Å²) in [6.45, 7) is 1.53. The number of dihydropyridines is 1. The first-order chi connectivity index (χ1) is 13.5. The Balaban J connectivity index is 1.57. The van der Waals surface area contributed by atoms with Gasteiger partial charge in [0.15, 0.2) is 0 Å². The first kappa shape index (κ1) is 19.6. The van der Waals surface area contributed by atoms with E-state index in [1.165, 1.54) is 16.6 Å². The van der Waals surface area contributed by atoms with Crippen LogP contribution in [-0.2, 0) is 11.8 Å². The van der Waals surface area contributed by atoms with E-state index in [4.69, 9.17) is 21.1 Å². The minimum Gasteiger partial charge on any atom is -0.499 e. The van der Waals surface area contributed by atoms with E-state index in [9.17, 15) is 4.79 Å². The maximum absolute atomic E-state index is 12.2. The van der Waals surface area contributed by atoms with Crippen LogP contribution >= 0.6 is 0 Å². The molecule has 0 spiro atoms. The standard InChI is InChI=1S/C18H27N7O3/c1-25-18(26)16(21-8-12(7-19)23-20)6-17(24-25)28-10-11-5-14(11)15-4-3-13(27-2)9-22-15/h3-4,6-7,11,14,21-23H,5,8-10,19-20H2,1-2H3/b12-7-/t11-,14+/m1/s1. The van der Waals surface area contributed by atoms with Crippen molar-refractivity contribution < 1.29 is 9.47 Å². The van der Waals surface area contributed by atoms with Crippen LogP contribution in [0.25, 0.3) is 0 Å². The van der Waals surface area contributed by atoms with Crippen molar-refractivity contribution in [2.45, 2.75) is 6.42 Å². The number of aryl methyl sites for hydroxylation is 1. The molecule has 3 rings (SSSR count). The quantitative estimate of drug-likeness (QED) is 0.279. The van der Waals surface area contributed by atoms with E-state index in [0.717, 1.165) is 12.2 Å². The van der Waals surface area contributed by atoms with Crippen LogP contribution in [0.3, 0.4) is 0 Å². The molecule has 10 nitrogen and oxygen atoms in total. The highest BCUT2D eigenvalue weighted by molar-refractivity contribution is 5.44. The Labute approximate surface area is 163 Å². The lowest BCUT2D eigenvalue weighted by atomic mass is 10.2. The number of nitrogens with zero attached hydrogens (tertiary/aromatic N) is 2. The second-order valence-electron chi connectivity index (χ2n) is 6.74. The third-order valence-electron chi connectivity index (χ3n) is 4.84. The van der Waals surface area contributed by atoms with Gasteiger partial charge in [-0.15, -0.1) is 5.10 Å². The van der Waals surface area contributed by atoms with E-state index < -0.39 is 0 Å². The fourth-order valence-electron chi connectivity index (χ4n) is 3.02. The van der Waals surface area contributed by atoms with Gasteiger partial charge in [0.1, 0.15) is 11.4 Å². The van der Waals surface area contributed by atoms with Crippen molar-refractivity contribution in [3.05, 3.63) is 51.9 Å². The number of hydrogen-bond donors (Lipinski definition) is 5. The number of methoxy groups -OCH3 is 1.